The van der Waals surface area contributed by atoms with Gasteiger partial charge >= 0.3 is 5.97 Å². The molecular formula is C16H15ClN2O3S. The summed E-state index contributed by atoms with van der Waals surface area (Å²) in [7, 11) is 1.61. The van der Waals surface area contributed by atoms with E-state index in [-0.39, 0.29) is 10.6 Å². The molecule has 0 aliphatic rings. The molecule has 7 heteroatoms. The molecule has 120 valence electrons. The van der Waals surface area contributed by atoms with Gasteiger partial charge in [0.15, 0.2) is 5.11 Å². The molecule has 5 nitrogen and oxygen atoms in total. The lowest BCUT2D eigenvalue weighted by atomic mass is 10.2. The van der Waals surface area contributed by atoms with Gasteiger partial charge in [-0.1, -0.05) is 29.8 Å². The zero-order chi connectivity index (χ0) is 16.8. The minimum absolute atomic E-state index is 0.0464. The molecule has 0 fully saturated rings. The van der Waals surface area contributed by atoms with Crippen LogP contribution in [0.25, 0.3) is 0 Å². The molecule has 2 aromatic carbocycles. The summed E-state index contributed by atoms with van der Waals surface area (Å²) in [5.74, 6) is -0.296. The highest BCUT2D eigenvalue weighted by atomic mass is 35.5. The normalized spacial score (nSPS) is 10.0. The molecule has 0 heterocycles. The molecule has 0 aliphatic heterocycles. The lowest BCUT2D eigenvalue weighted by molar-refractivity contribution is 0.0697. The Morgan fingerprint density at radius 2 is 2.04 bits per heavy atom. The highest BCUT2D eigenvalue weighted by Gasteiger charge is 2.09. The van der Waals surface area contributed by atoms with Crippen LogP contribution in [-0.2, 0) is 6.54 Å². The average molecular weight is 351 g/mol. The van der Waals surface area contributed by atoms with Crippen molar-refractivity contribution < 1.29 is 14.6 Å². The minimum atomic E-state index is -1.07. The topological polar surface area (TPSA) is 70.6 Å². The fourth-order valence-electron chi connectivity index (χ4n) is 1.97. The first-order chi connectivity index (χ1) is 11.0. The molecule has 0 atom stereocenters. The zero-order valence-corrected chi connectivity index (χ0v) is 13.9. The number of thiocarbonyl (C=S) groups is 1. The first kappa shape index (κ1) is 17.1. The van der Waals surface area contributed by atoms with Crippen molar-refractivity contribution in [3.8, 4) is 5.75 Å². The van der Waals surface area contributed by atoms with Gasteiger partial charge in [0.05, 0.1) is 17.7 Å². The van der Waals surface area contributed by atoms with Crippen molar-refractivity contribution in [3.63, 3.8) is 0 Å². The number of ether oxygens (including phenoxy) is 1. The van der Waals surface area contributed by atoms with Crippen LogP contribution in [0.4, 0.5) is 5.69 Å². The summed E-state index contributed by atoms with van der Waals surface area (Å²) in [4.78, 5) is 10.9. The third-order valence-corrected chi connectivity index (χ3v) is 3.65. The van der Waals surface area contributed by atoms with Gasteiger partial charge in [0.1, 0.15) is 5.75 Å². The van der Waals surface area contributed by atoms with E-state index in [1.165, 1.54) is 12.1 Å². The van der Waals surface area contributed by atoms with Crippen LogP contribution in [0, 0.1) is 0 Å². The summed E-state index contributed by atoms with van der Waals surface area (Å²) in [6.45, 7) is 0.497. The van der Waals surface area contributed by atoms with E-state index >= 15 is 0 Å². The highest BCUT2D eigenvalue weighted by molar-refractivity contribution is 7.80. The maximum absolute atomic E-state index is 10.9. The summed E-state index contributed by atoms with van der Waals surface area (Å²) in [6, 6.07) is 12.2. The molecule has 23 heavy (non-hydrogen) atoms. The van der Waals surface area contributed by atoms with Gasteiger partial charge < -0.3 is 20.5 Å². The van der Waals surface area contributed by atoms with Gasteiger partial charge in [0, 0.05) is 17.8 Å². The molecule has 0 aliphatic carbocycles. The molecule has 0 radical (unpaired) electrons. The van der Waals surface area contributed by atoms with Crippen molar-refractivity contribution in [1.29, 1.82) is 0 Å². The first-order valence-electron chi connectivity index (χ1n) is 6.71. The lowest BCUT2D eigenvalue weighted by Gasteiger charge is -2.13. The zero-order valence-electron chi connectivity index (χ0n) is 12.3. The van der Waals surface area contributed by atoms with Gasteiger partial charge in [-0.3, -0.25) is 0 Å². The number of hydrogen-bond acceptors (Lipinski definition) is 3. The van der Waals surface area contributed by atoms with Crippen molar-refractivity contribution in [2.24, 2.45) is 0 Å². The standard InChI is InChI=1S/C16H15ClN2O3S/c1-22-14-5-3-2-4-10(14)9-18-16(23)19-11-6-7-12(15(20)21)13(17)8-11/h2-8H,9H2,1H3,(H,20,21)(H2,18,19,23). The molecule has 2 rings (SSSR count). The number of para-hydroxylation sites is 1. The van der Waals surface area contributed by atoms with Crippen molar-refractivity contribution >= 4 is 40.6 Å². The number of benzene rings is 2. The Labute approximate surface area is 144 Å². The van der Waals surface area contributed by atoms with E-state index in [0.29, 0.717) is 17.3 Å². The van der Waals surface area contributed by atoms with Crippen LogP contribution < -0.4 is 15.4 Å². The number of anilines is 1. The minimum Gasteiger partial charge on any atom is -0.496 e. The number of halogens is 1. The number of methoxy groups -OCH3 is 1. The van der Waals surface area contributed by atoms with E-state index in [2.05, 4.69) is 10.6 Å². The van der Waals surface area contributed by atoms with Crippen LogP contribution in [0.15, 0.2) is 42.5 Å². The summed E-state index contributed by atoms with van der Waals surface area (Å²) in [6.07, 6.45) is 0. The fourth-order valence-corrected chi connectivity index (χ4v) is 2.42. The number of hydrogen-bond donors (Lipinski definition) is 3. The first-order valence-corrected chi connectivity index (χ1v) is 7.49. The van der Waals surface area contributed by atoms with Gasteiger partial charge in [-0.15, -0.1) is 0 Å². The van der Waals surface area contributed by atoms with E-state index in [1.54, 1.807) is 13.2 Å². The lowest BCUT2D eigenvalue weighted by Crippen LogP contribution is -2.28. The van der Waals surface area contributed by atoms with Crippen LogP contribution in [0.5, 0.6) is 5.75 Å². The van der Waals surface area contributed by atoms with Crippen LogP contribution in [-0.4, -0.2) is 23.3 Å². The van der Waals surface area contributed by atoms with Crippen LogP contribution in [0.3, 0.4) is 0 Å². The summed E-state index contributed by atoms with van der Waals surface area (Å²) in [5, 5.41) is 15.5. The molecule has 3 N–H and O–H groups in total. The Morgan fingerprint density at radius 3 is 2.70 bits per heavy atom. The number of rotatable bonds is 5. The van der Waals surface area contributed by atoms with E-state index in [9.17, 15) is 4.79 Å². The van der Waals surface area contributed by atoms with Crippen molar-refractivity contribution in [2.75, 3.05) is 12.4 Å². The summed E-state index contributed by atoms with van der Waals surface area (Å²) in [5.41, 5.74) is 1.63. The Morgan fingerprint density at radius 1 is 1.30 bits per heavy atom. The van der Waals surface area contributed by atoms with E-state index < -0.39 is 5.97 Å². The predicted molar refractivity (Wildman–Crippen MR) is 94.5 cm³/mol. The number of carboxylic acids is 1. The molecule has 0 saturated carbocycles. The van der Waals surface area contributed by atoms with Gasteiger partial charge in [0.25, 0.3) is 0 Å². The van der Waals surface area contributed by atoms with Gasteiger partial charge in [0.2, 0.25) is 0 Å². The molecule has 0 aromatic heterocycles. The molecule has 0 amide bonds. The number of aromatic carboxylic acids is 1. The Kier molecular flexibility index (Phi) is 5.78. The fraction of sp³-hybridized carbons (Fsp3) is 0.125. The van der Waals surface area contributed by atoms with Gasteiger partial charge in [-0.25, -0.2) is 4.79 Å². The number of nitrogens with one attached hydrogen (secondary N) is 2. The quantitative estimate of drug-likeness (QED) is 0.717. The second kappa shape index (κ2) is 7.80. The van der Waals surface area contributed by atoms with E-state index in [4.69, 9.17) is 33.7 Å². The molecule has 0 bridgehead atoms. The second-order valence-electron chi connectivity index (χ2n) is 4.62. The van der Waals surface area contributed by atoms with Crippen LogP contribution >= 0.6 is 23.8 Å². The van der Waals surface area contributed by atoms with Gasteiger partial charge in [-0.05, 0) is 36.5 Å². The molecular weight excluding hydrogens is 336 g/mol. The van der Waals surface area contributed by atoms with Crippen molar-refractivity contribution in [2.45, 2.75) is 6.54 Å². The van der Waals surface area contributed by atoms with Crippen LogP contribution in [0.2, 0.25) is 5.02 Å². The van der Waals surface area contributed by atoms with E-state index in [1.807, 2.05) is 24.3 Å². The maximum atomic E-state index is 10.9. The highest BCUT2D eigenvalue weighted by Crippen LogP contribution is 2.21. The maximum Gasteiger partial charge on any atom is 0.337 e. The Bertz CT molecular complexity index is 737. The average Bonchev–Trinajstić information content (AvgIpc) is 2.53. The van der Waals surface area contributed by atoms with E-state index in [0.717, 1.165) is 11.3 Å². The number of carboxylic acid groups (broad SMARTS) is 1. The SMILES string of the molecule is COc1ccccc1CNC(=S)Nc1ccc(C(=O)O)c(Cl)c1. The predicted octanol–water partition coefficient (Wildman–Crippen LogP) is 3.53. The summed E-state index contributed by atoms with van der Waals surface area (Å²) < 4.78 is 5.27. The number of carbonyl (C=O) groups is 1. The summed E-state index contributed by atoms with van der Waals surface area (Å²) >= 11 is 11.1. The molecule has 0 unspecified atom stereocenters. The van der Waals surface area contributed by atoms with Gasteiger partial charge in [-0.2, -0.15) is 0 Å². The smallest absolute Gasteiger partial charge is 0.337 e. The molecule has 2 aromatic rings. The monoisotopic (exact) mass is 350 g/mol. The van der Waals surface area contributed by atoms with Crippen LogP contribution in [0.1, 0.15) is 15.9 Å². The van der Waals surface area contributed by atoms with Crippen molar-refractivity contribution in [3.05, 3.63) is 58.6 Å². The molecule has 0 saturated heterocycles. The van der Waals surface area contributed by atoms with Crippen molar-refractivity contribution in [1.82, 2.24) is 5.32 Å². The largest absolute Gasteiger partial charge is 0.496 e. The Balaban J connectivity index is 1.97. The third kappa shape index (κ3) is 4.58. The third-order valence-electron chi connectivity index (χ3n) is 3.09. The second-order valence-corrected chi connectivity index (χ2v) is 5.43. The molecule has 0 spiro atoms. The Hall–Kier alpha value is -2.31.